The maximum Gasteiger partial charge on any atom is 0.231 e. The molecule has 1 aromatic carbocycles. The van der Waals surface area contributed by atoms with Gasteiger partial charge in [0.05, 0.1) is 14.2 Å². The molecule has 0 atom stereocenters. The van der Waals surface area contributed by atoms with E-state index in [1.165, 1.54) is 5.56 Å². The van der Waals surface area contributed by atoms with Gasteiger partial charge in [-0.2, -0.15) is 0 Å². The Morgan fingerprint density at radius 1 is 1.22 bits per heavy atom. The fraction of sp³-hybridized carbons (Fsp3) is 0.389. The zero-order valence-electron chi connectivity index (χ0n) is 13.6. The highest BCUT2D eigenvalue weighted by molar-refractivity contribution is 5.80. The monoisotopic (exact) mass is 314 g/mol. The first kappa shape index (κ1) is 15.6. The number of hydrogen-bond donors (Lipinski definition) is 1. The van der Waals surface area contributed by atoms with Crippen molar-refractivity contribution < 1.29 is 14.3 Å². The fourth-order valence-electron chi connectivity index (χ4n) is 3.02. The maximum atomic E-state index is 12.5. The van der Waals surface area contributed by atoms with E-state index in [1.54, 1.807) is 14.2 Å². The van der Waals surface area contributed by atoms with Gasteiger partial charge in [-0.25, -0.2) is 0 Å². The summed E-state index contributed by atoms with van der Waals surface area (Å²) in [5.74, 6) is 1.54. The quantitative estimate of drug-likeness (QED) is 0.921. The number of ether oxygens (including phenoxy) is 2. The highest BCUT2D eigenvalue weighted by atomic mass is 16.5. The molecule has 2 heterocycles. The molecule has 23 heavy (non-hydrogen) atoms. The van der Waals surface area contributed by atoms with Crippen LogP contribution in [0.4, 0.5) is 0 Å². The number of carbonyl (C=O) groups excluding carboxylic acids is 1. The van der Waals surface area contributed by atoms with Gasteiger partial charge in [0.1, 0.15) is 0 Å². The second-order valence-electron chi connectivity index (χ2n) is 5.67. The van der Waals surface area contributed by atoms with Crippen LogP contribution in [0.5, 0.6) is 11.5 Å². The third-order valence-corrected chi connectivity index (χ3v) is 4.28. The van der Waals surface area contributed by atoms with Gasteiger partial charge in [-0.05, 0) is 35.7 Å². The van der Waals surface area contributed by atoms with Crippen LogP contribution in [0.2, 0.25) is 0 Å². The third kappa shape index (κ3) is 3.24. The van der Waals surface area contributed by atoms with Crippen LogP contribution in [0.15, 0.2) is 30.5 Å². The smallest absolute Gasteiger partial charge is 0.231 e. The van der Waals surface area contributed by atoms with E-state index < -0.39 is 0 Å². The number of fused-ring (bicyclic) bond motifs is 1. The number of aryl methyl sites for hydroxylation is 1. The Labute approximate surface area is 136 Å². The summed E-state index contributed by atoms with van der Waals surface area (Å²) in [5.41, 5.74) is 3.45. The number of nitrogens with zero attached hydrogens (tertiary/aromatic N) is 1. The van der Waals surface area contributed by atoms with Gasteiger partial charge in [0, 0.05) is 37.8 Å². The molecule has 2 aromatic rings. The summed E-state index contributed by atoms with van der Waals surface area (Å²) in [7, 11) is 3.23. The number of methoxy groups -OCH3 is 2. The summed E-state index contributed by atoms with van der Waals surface area (Å²) < 4.78 is 12.4. The fourth-order valence-corrected chi connectivity index (χ4v) is 3.02. The van der Waals surface area contributed by atoms with Crippen LogP contribution in [-0.2, 0) is 19.4 Å². The molecule has 1 aromatic heterocycles. The maximum absolute atomic E-state index is 12.5. The van der Waals surface area contributed by atoms with Crippen LogP contribution in [0.1, 0.15) is 28.0 Å². The SMILES string of the molecule is COc1ccc(CCC(=O)n2ccc3c2CCNC3)cc1OC. The summed E-state index contributed by atoms with van der Waals surface area (Å²) in [6.45, 7) is 1.78. The number of rotatable bonds is 5. The molecule has 0 fully saturated rings. The normalized spacial score (nSPS) is 13.5. The molecular weight excluding hydrogens is 292 g/mol. The van der Waals surface area contributed by atoms with Gasteiger partial charge in [0.15, 0.2) is 11.5 Å². The average Bonchev–Trinajstić information content (AvgIpc) is 3.03. The van der Waals surface area contributed by atoms with E-state index in [1.807, 2.05) is 35.0 Å². The average molecular weight is 314 g/mol. The van der Waals surface area contributed by atoms with E-state index in [0.29, 0.717) is 24.3 Å². The Kier molecular flexibility index (Phi) is 4.67. The minimum absolute atomic E-state index is 0.142. The number of hydrogen-bond acceptors (Lipinski definition) is 4. The van der Waals surface area contributed by atoms with E-state index in [9.17, 15) is 4.79 Å². The zero-order chi connectivity index (χ0) is 16.2. The van der Waals surface area contributed by atoms with E-state index >= 15 is 0 Å². The lowest BCUT2D eigenvalue weighted by atomic mass is 10.1. The lowest BCUT2D eigenvalue weighted by Crippen LogP contribution is -2.26. The van der Waals surface area contributed by atoms with Crippen molar-refractivity contribution in [2.45, 2.75) is 25.8 Å². The molecule has 5 heteroatoms. The molecule has 0 radical (unpaired) electrons. The molecule has 0 unspecified atom stereocenters. The van der Waals surface area contributed by atoms with Crippen molar-refractivity contribution >= 4 is 5.91 Å². The molecule has 0 saturated heterocycles. The van der Waals surface area contributed by atoms with Crippen molar-refractivity contribution in [2.75, 3.05) is 20.8 Å². The van der Waals surface area contributed by atoms with Gasteiger partial charge in [-0.15, -0.1) is 0 Å². The van der Waals surface area contributed by atoms with Crippen LogP contribution in [-0.4, -0.2) is 31.2 Å². The van der Waals surface area contributed by atoms with Crippen molar-refractivity contribution in [1.82, 2.24) is 9.88 Å². The Balaban J connectivity index is 1.68. The van der Waals surface area contributed by atoms with Gasteiger partial charge in [0.25, 0.3) is 0 Å². The summed E-state index contributed by atoms with van der Waals surface area (Å²) in [5, 5.41) is 3.32. The second kappa shape index (κ2) is 6.87. The second-order valence-corrected chi connectivity index (χ2v) is 5.67. The predicted octanol–water partition coefficient (Wildman–Crippen LogP) is 2.42. The Bertz CT molecular complexity index is 706. The Morgan fingerprint density at radius 3 is 2.83 bits per heavy atom. The lowest BCUT2D eigenvalue weighted by Gasteiger charge is -2.16. The topological polar surface area (TPSA) is 52.5 Å². The molecule has 5 nitrogen and oxygen atoms in total. The minimum Gasteiger partial charge on any atom is -0.493 e. The van der Waals surface area contributed by atoms with Gasteiger partial charge >= 0.3 is 0 Å². The largest absolute Gasteiger partial charge is 0.493 e. The first-order chi connectivity index (χ1) is 11.2. The molecule has 0 bridgehead atoms. The molecule has 122 valence electrons. The Hall–Kier alpha value is -2.27. The van der Waals surface area contributed by atoms with Crippen molar-refractivity contribution in [3.05, 3.63) is 47.3 Å². The molecule has 0 saturated carbocycles. The summed E-state index contributed by atoms with van der Waals surface area (Å²) >= 11 is 0. The minimum atomic E-state index is 0.142. The van der Waals surface area contributed by atoms with Gasteiger partial charge in [0.2, 0.25) is 5.91 Å². The van der Waals surface area contributed by atoms with Gasteiger partial charge in [-0.1, -0.05) is 6.07 Å². The Morgan fingerprint density at radius 2 is 2.04 bits per heavy atom. The number of carbonyl (C=O) groups is 1. The zero-order valence-corrected chi connectivity index (χ0v) is 13.6. The van der Waals surface area contributed by atoms with Crippen LogP contribution in [0, 0.1) is 0 Å². The van der Waals surface area contributed by atoms with E-state index in [0.717, 1.165) is 30.8 Å². The summed E-state index contributed by atoms with van der Waals surface area (Å²) in [6, 6.07) is 7.82. The number of nitrogens with one attached hydrogen (secondary N) is 1. The molecule has 3 rings (SSSR count). The molecule has 0 amide bonds. The van der Waals surface area contributed by atoms with Crippen molar-refractivity contribution in [2.24, 2.45) is 0 Å². The lowest BCUT2D eigenvalue weighted by molar-refractivity contribution is 0.0899. The molecule has 1 aliphatic rings. The standard InChI is InChI=1S/C18H22N2O3/c1-22-16-5-3-13(11-17(16)23-2)4-6-18(21)20-10-8-14-12-19-9-7-15(14)20/h3,5,8,10-11,19H,4,6-7,9,12H2,1-2H3. The van der Waals surface area contributed by atoms with Crippen molar-refractivity contribution in [3.8, 4) is 11.5 Å². The molecule has 0 spiro atoms. The highest BCUT2D eigenvalue weighted by Gasteiger charge is 2.17. The first-order valence-corrected chi connectivity index (χ1v) is 7.87. The van der Waals surface area contributed by atoms with Crippen molar-refractivity contribution in [1.29, 1.82) is 0 Å². The molecule has 1 aliphatic heterocycles. The van der Waals surface area contributed by atoms with E-state index in [-0.39, 0.29) is 5.91 Å². The van der Waals surface area contributed by atoms with Crippen LogP contribution < -0.4 is 14.8 Å². The molecule has 0 aliphatic carbocycles. The summed E-state index contributed by atoms with van der Waals surface area (Å²) in [4.78, 5) is 12.5. The van der Waals surface area contributed by atoms with E-state index in [4.69, 9.17) is 9.47 Å². The van der Waals surface area contributed by atoms with E-state index in [2.05, 4.69) is 5.32 Å². The van der Waals surface area contributed by atoms with Gasteiger partial charge in [-0.3, -0.25) is 9.36 Å². The number of benzene rings is 1. The van der Waals surface area contributed by atoms with Crippen LogP contribution >= 0.6 is 0 Å². The predicted molar refractivity (Wildman–Crippen MR) is 88.3 cm³/mol. The highest BCUT2D eigenvalue weighted by Crippen LogP contribution is 2.28. The third-order valence-electron chi connectivity index (χ3n) is 4.28. The number of aromatic nitrogens is 1. The van der Waals surface area contributed by atoms with Gasteiger partial charge < -0.3 is 14.8 Å². The first-order valence-electron chi connectivity index (χ1n) is 7.87. The molecular formula is C18H22N2O3. The summed E-state index contributed by atoms with van der Waals surface area (Å²) in [6.07, 6.45) is 3.97. The van der Waals surface area contributed by atoms with Crippen LogP contribution in [0.25, 0.3) is 0 Å². The van der Waals surface area contributed by atoms with Crippen LogP contribution in [0.3, 0.4) is 0 Å². The molecule has 1 N–H and O–H groups in total. The van der Waals surface area contributed by atoms with Crippen molar-refractivity contribution in [3.63, 3.8) is 0 Å².